The molecule has 136 valence electrons. The molecule has 0 radical (unpaired) electrons. The second-order valence-corrected chi connectivity index (χ2v) is 5.91. The van der Waals surface area contributed by atoms with Crippen molar-refractivity contribution in [2.45, 2.75) is 18.9 Å². The maximum Gasteiger partial charge on any atom is 0.317 e. The average molecular weight is 359 g/mol. The molecule has 1 aromatic carbocycles. The molecule has 0 bridgehead atoms. The van der Waals surface area contributed by atoms with Crippen LogP contribution in [-0.4, -0.2) is 73.9 Å². The molecule has 6 nitrogen and oxygen atoms in total. The van der Waals surface area contributed by atoms with Crippen LogP contribution in [0.2, 0.25) is 0 Å². The Balaban J connectivity index is 0.00000288. The third-order valence-corrected chi connectivity index (χ3v) is 4.30. The Morgan fingerprint density at radius 3 is 2.38 bits per heavy atom. The lowest BCUT2D eigenvalue weighted by atomic mass is 10.0. The summed E-state index contributed by atoms with van der Waals surface area (Å²) >= 11 is 0. The van der Waals surface area contributed by atoms with Gasteiger partial charge in [-0.2, -0.15) is 0 Å². The Morgan fingerprint density at radius 1 is 1.25 bits per heavy atom. The number of ether oxygens (including phenoxy) is 2. The molecule has 0 aromatic heterocycles. The Hall–Kier alpha value is -1.50. The van der Waals surface area contributed by atoms with E-state index in [9.17, 15) is 4.79 Å². The number of hydrogen-bond donors (Lipinski definition) is 1. The molecule has 1 N–H and O–H groups in total. The minimum atomic E-state index is -0.761. The lowest BCUT2D eigenvalue weighted by Gasteiger charge is -2.36. The quantitative estimate of drug-likeness (QED) is 0.766. The first-order valence-electron chi connectivity index (χ1n) is 7.99. The number of benzene rings is 1. The van der Waals surface area contributed by atoms with Crippen LogP contribution in [0.25, 0.3) is 0 Å². The first-order valence-corrected chi connectivity index (χ1v) is 7.99. The van der Waals surface area contributed by atoms with Crippen LogP contribution < -0.4 is 9.47 Å². The monoisotopic (exact) mass is 358 g/mol. The van der Waals surface area contributed by atoms with Crippen molar-refractivity contribution in [2.24, 2.45) is 0 Å². The predicted octanol–water partition coefficient (Wildman–Crippen LogP) is 1.98. The molecule has 0 amide bonds. The van der Waals surface area contributed by atoms with E-state index >= 15 is 0 Å². The maximum atomic E-state index is 10.8. The standard InChI is InChI=1S/C17H26N2O4.ClH/c1-18(13-17(20)21)14-7-9-19(10-8-14)11-12-23-16-5-3-15(22-2)4-6-16;/h3-6,14H,7-13H2,1-2H3,(H,20,21);1H. The van der Waals surface area contributed by atoms with Crippen molar-refractivity contribution < 1.29 is 19.4 Å². The van der Waals surface area contributed by atoms with E-state index in [4.69, 9.17) is 14.6 Å². The third-order valence-electron chi connectivity index (χ3n) is 4.30. The molecule has 24 heavy (non-hydrogen) atoms. The van der Waals surface area contributed by atoms with Gasteiger partial charge in [0.05, 0.1) is 13.7 Å². The number of hydrogen-bond acceptors (Lipinski definition) is 5. The molecule has 0 unspecified atom stereocenters. The summed E-state index contributed by atoms with van der Waals surface area (Å²) in [5.74, 6) is 0.912. The first kappa shape index (κ1) is 20.5. The number of methoxy groups -OCH3 is 1. The zero-order valence-corrected chi connectivity index (χ0v) is 15.1. The van der Waals surface area contributed by atoms with Gasteiger partial charge in [0.1, 0.15) is 18.1 Å². The lowest BCUT2D eigenvalue weighted by Crippen LogP contribution is -2.45. The first-order chi connectivity index (χ1) is 11.1. The molecule has 0 atom stereocenters. The molecule has 2 rings (SSSR count). The van der Waals surface area contributed by atoms with Crippen LogP contribution in [0.3, 0.4) is 0 Å². The Kier molecular flexibility index (Phi) is 8.89. The summed E-state index contributed by atoms with van der Waals surface area (Å²) < 4.78 is 10.9. The summed E-state index contributed by atoms with van der Waals surface area (Å²) in [7, 11) is 3.54. The topological polar surface area (TPSA) is 62.2 Å². The van der Waals surface area contributed by atoms with Crippen molar-refractivity contribution in [1.82, 2.24) is 9.80 Å². The van der Waals surface area contributed by atoms with Crippen molar-refractivity contribution in [1.29, 1.82) is 0 Å². The number of likely N-dealkylation sites (tertiary alicyclic amines) is 1. The predicted molar refractivity (Wildman–Crippen MR) is 95.5 cm³/mol. The second kappa shape index (κ2) is 10.4. The van der Waals surface area contributed by atoms with Gasteiger partial charge in [0.2, 0.25) is 0 Å². The highest BCUT2D eigenvalue weighted by atomic mass is 35.5. The number of carbonyl (C=O) groups is 1. The molecule has 1 saturated heterocycles. The van der Waals surface area contributed by atoms with Gasteiger partial charge >= 0.3 is 5.97 Å². The fraction of sp³-hybridized carbons (Fsp3) is 0.588. The number of rotatable bonds is 8. The molecule has 1 fully saturated rings. The molecule has 0 aliphatic carbocycles. The molecule has 1 heterocycles. The SMILES string of the molecule is COc1ccc(OCCN2CCC(N(C)CC(=O)O)CC2)cc1.Cl. The molecule has 1 aliphatic rings. The van der Waals surface area contributed by atoms with E-state index < -0.39 is 5.97 Å². The smallest absolute Gasteiger partial charge is 0.317 e. The highest BCUT2D eigenvalue weighted by molar-refractivity contribution is 5.85. The number of likely N-dealkylation sites (N-methyl/N-ethyl adjacent to an activating group) is 1. The minimum Gasteiger partial charge on any atom is -0.497 e. The van der Waals surface area contributed by atoms with Crippen molar-refractivity contribution in [3.05, 3.63) is 24.3 Å². The van der Waals surface area contributed by atoms with Gasteiger partial charge in [-0.05, 0) is 57.2 Å². The number of piperidine rings is 1. The zero-order valence-electron chi connectivity index (χ0n) is 14.3. The van der Waals surface area contributed by atoms with Crippen LogP contribution in [0.5, 0.6) is 11.5 Å². The number of carboxylic acids is 1. The lowest BCUT2D eigenvalue weighted by molar-refractivity contribution is -0.138. The van der Waals surface area contributed by atoms with Gasteiger partial charge in [-0.25, -0.2) is 0 Å². The van der Waals surface area contributed by atoms with Gasteiger partial charge in [-0.15, -0.1) is 12.4 Å². The van der Waals surface area contributed by atoms with Crippen molar-refractivity contribution in [3.63, 3.8) is 0 Å². The molecular weight excluding hydrogens is 332 g/mol. The second-order valence-electron chi connectivity index (χ2n) is 5.91. The highest BCUT2D eigenvalue weighted by Gasteiger charge is 2.23. The number of halogens is 1. The summed E-state index contributed by atoms with van der Waals surface area (Å²) in [6.07, 6.45) is 2.01. The number of aliphatic carboxylic acids is 1. The molecular formula is C17H27ClN2O4. The van der Waals surface area contributed by atoms with Crippen molar-refractivity contribution >= 4 is 18.4 Å². The molecule has 1 aliphatic heterocycles. The van der Waals surface area contributed by atoms with Crippen LogP contribution in [0.1, 0.15) is 12.8 Å². The van der Waals surface area contributed by atoms with E-state index in [0.29, 0.717) is 12.6 Å². The summed E-state index contributed by atoms with van der Waals surface area (Å²) in [6.45, 7) is 3.63. The van der Waals surface area contributed by atoms with E-state index in [1.165, 1.54) is 0 Å². The van der Waals surface area contributed by atoms with E-state index in [1.807, 2.05) is 36.2 Å². The van der Waals surface area contributed by atoms with E-state index in [0.717, 1.165) is 44.0 Å². The van der Waals surface area contributed by atoms with Gasteiger partial charge in [-0.3, -0.25) is 14.6 Å². The van der Waals surface area contributed by atoms with Crippen LogP contribution in [0, 0.1) is 0 Å². The van der Waals surface area contributed by atoms with Crippen LogP contribution in [-0.2, 0) is 4.79 Å². The van der Waals surface area contributed by atoms with Gasteiger partial charge < -0.3 is 14.6 Å². The fourth-order valence-electron chi connectivity index (χ4n) is 2.89. The van der Waals surface area contributed by atoms with E-state index in [-0.39, 0.29) is 19.0 Å². The zero-order chi connectivity index (χ0) is 16.7. The largest absolute Gasteiger partial charge is 0.497 e. The maximum absolute atomic E-state index is 10.8. The summed E-state index contributed by atoms with van der Waals surface area (Å²) in [5.41, 5.74) is 0. The summed E-state index contributed by atoms with van der Waals surface area (Å²) in [5, 5.41) is 8.85. The summed E-state index contributed by atoms with van der Waals surface area (Å²) in [4.78, 5) is 15.1. The van der Waals surface area contributed by atoms with Gasteiger partial charge in [0, 0.05) is 12.6 Å². The summed E-state index contributed by atoms with van der Waals surface area (Å²) in [6, 6.07) is 7.96. The Bertz CT molecular complexity index is 490. The average Bonchev–Trinajstić information content (AvgIpc) is 2.55. The normalized spacial score (nSPS) is 15.8. The van der Waals surface area contributed by atoms with Gasteiger partial charge in [0.25, 0.3) is 0 Å². The van der Waals surface area contributed by atoms with E-state index in [2.05, 4.69) is 4.90 Å². The number of nitrogens with zero attached hydrogens (tertiary/aromatic N) is 2. The van der Waals surface area contributed by atoms with Crippen molar-refractivity contribution in [3.8, 4) is 11.5 Å². The highest BCUT2D eigenvalue weighted by Crippen LogP contribution is 2.18. The molecule has 0 spiro atoms. The Morgan fingerprint density at radius 2 is 1.83 bits per heavy atom. The van der Waals surface area contributed by atoms with Gasteiger partial charge in [-0.1, -0.05) is 0 Å². The molecule has 7 heteroatoms. The number of carboxylic acid groups (broad SMARTS) is 1. The van der Waals surface area contributed by atoms with E-state index in [1.54, 1.807) is 7.11 Å². The fourth-order valence-corrected chi connectivity index (χ4v) is 2.89. The minimum absolute atomic E-state index is 0. The third kappa shape index (κ3) is 6.55. The van der Waals surface area contributed by atoms with Crippen LogP contribution in [0.4, 0.5) is 0 Å². The molecule has 1 aromatic rings. The van der Waals surface area contributed by atoms with Crippen molar-refractivity contribution in [2.75, 3.05) is 46.9 Å². The van der Waals surface area contributed by atoms with Crippen LogP contribution >= 0.6 is 12.4 Å². The van der Waals surface area contributed by atoms with Gasteiger partial charge in [0.15, 0.2) is 0 Å². The Labute approximate surface area is 149 Å². The van der Waals surface area contributed by atoms with Crippen LogP contribution in [0.15, 0.2) is 24.3 Å². The molecule has 0 saturated carbocycles.